The van der Waals surface area contributed by atoms with Crippen molar-refractivity contribution >= 4 is 49.1 Å². The molecule has 0 unspecified atom stereocenters. The van der Waals surface area contributed by atoms with E-state index in [2.05, 4.69) is 33.4 Å². The fourth-order valence-corrected chi connectivity index (χ4v) is 3.52. The average molecular weight is 289 g/mol. The van der Waals surface area contributed by atoms with Gasteiger partial charge in [-0.2, -0.15) is 0 Å². The van der Waals surface area contributed by atoms with Gasteiger partial charge in [-0.15, -0.1) is 23.1 Å². The van der Waals surface area contributed by atoms with Crippen molar-refractivity contribution in [2.45, 2.75) is 11.5 Å². The van der Waals surface area contributed by atoms with Crippen LogP contribution in [0.1, 0.15) is 5.56 Å². The van der Waals surface area contributed by atoms with Gasteiger partial charge in [0.2, 0.25) is 0 Å². The molecule has 4 heteroatoms. The lowest BCUT2D eigenvalue weighted by molar-refractivity contribution is 0.283. The van der Waals surface area contributed by atoms with Gasteiger partial charge in [-0.1, -0.05) is 0 Å². The lowest BCUT2D eigenvalue weighted by Gasteiger charge is -2.02. The normalized spacial score (nSPS) is 11.1. The standard InChI is InChI=1S/C10H9BrOS2/c1-13-7-2-6(4-12)10-8(3-7)9(11)5-14-10/h2-3,5,12H,4H2,1H3. The first kappa shape index (κ1) is 10.5. The molecule has 1 heterocycles. The predicted molar refractivity (Wildman–Crippen MR) is 67.2 cm³/mol. The molecule has 0 fully saturated rings. The second-order valence-electron chi connectivity index (χ2n) is 2.90. The summed E-state index contributed by atoms with van der Waals surface area (Å²) < 4.78 is 2.29. The third-order valence-electron chi connectivity index (χ3n) is 2.08. The van der Waals surface area contributed by atoms with Crippen LogP contribution in [0.5, 0.6) is 0 Å². The summed E-state index contributed by atoms with van der Waals surface area (Å²) in [6.45, 7) is 0.109. The topological polar surface area (TPSA) is 20.2 Å². The Bertz CT molecular complexity index is 464. The fraction of sp³-hybridized carbons (Fsp3) is 0.200. The minimum Gasteiger partial charge on any atom is -0.392 e. The quantitative estimate of drug-likeness (QED) is 0.847. The smallest absolute Gasteiger partial charge is 0.0696 e. The Hall–Kier alpha value is -0.0300. The van der Waals surface area contributed by atoms with E-state index in [4.69, 9.17) is 0 Å². The molecular weight excluding hydrogens is 280 g/mol. The SMILES string of the molecule is CSc1cc(CO)c2scc(Br)c2c1. The molecule has 1 aromatic heterocycles. The maximum atomic E-state index is 9.25. The maximum absolute atomic E-state index is 9.25. The van der Waals surface area contributed by atoms with E-state index < -0.39 is 0 Å². The predicted octanol–water partition coefficient (Wildman–Crippen LogP) is 3.88. The molecule has 0 saturated carbocycles. The number of benzene rings is 1. The van der Waals surface area contributed by atoms with Crippen LogP contribution in [0.4, 0.5) is 0 Å². The highest BCUT2D eigenvalue weighted by molar-refractivity contribution is 9.10. The van der Waals surface area contributed by atoms with Crippen LogP contribution in [-0.4, -0.2) is 11.4 Å². The highest BCUT2D eigenvalue weighted by Crippen LogP contribution is 2.35. The first-order chi connectivity index (χ1) is 6.76. The van der Waals surface area contributed by atoms with Gasteiger partial charge in [-0.05, 0) is 39.9 Å². The van der Waals surface area contributed by atoms with Crippen molar-refractivity contribution < 1.29 is 5.11 Å². The first-order valence-corrected chi connectivity index (χ1v) is 7.00. The van der Waals surface area contributed by atoms with Crippen molar-refractivity contribution in [1.29, 1.82) is 0 Å². The van der Waals surface area contributed by atoms with E-state index in [9.17, 15) is 5.11 Å². The Kier molecular flexibility index (Phi) is 3.17. The van der Waals surface area contributed by atoms with Gasteiger partial charge in [0.25, 0.3) is 0 Å². The number of aliphatic hydroxyl groups excluding tert-OH is 1. The zero-order valence-corrected chi connectivity index (χ0v) is 10.8. The van der Waals surface area contributed by atoms with Crippen molar-refractivity contribution in [3.8, 4) is 0 Å². The molecule has 0 radical (unpaired) electrons. The van der Waals surface area contributed by atoms with E-state index >= 15 is 0 Å². The van der Waals surface area contributed by atoms with Gasteiger partial charge in [0.1, 0.15) is 0 Å². The second kappa shape index (κ2) is 4.23. The molecule has 0 bridgehead atoms. The molecule has 74 valence electrons. The molecule has 1 nitrogen and oxygen atoms in total. The van der Waals surface area contributed by atoms with Crippen molar-refractivity contribution in [2.75, 3.05) is 6.26 Å². The molecular formula is C10H9BrOS2. The largest absolute Gasteiger partial charge is 0.392 e. The van der Waals surface area contributed by atoms with Crippen LogP contribution in [0.2, 0.25) is 0 Å². The Morgan fingerprint density at radius 2 is 2.29 bits per heavy atom. The lowest BCUT2D eigenvalue weighted by Crippen LogP contribution is -1.84. The summed E-state index contributed by atoms with van der Waals surface area (Å²) in [4.78, 5) is 1.20. The van der Waals surface area contributed by atoms with Gasteiger partial charge in [0.15, 0.2) is 0 Å². The van der Waals surface area contributed by atoms with Gasteiger partial charge >= 0.3 is 0 Å². The van der Waals surface area contributed by atoms with E-state index in [-0.39, 0.29) is 6.61 Å². The monoisotopic (exact) mass is 288 g/mol. The van der Waals surface area contributed by atoms with E-state index in [0.29, 0.717) is 0 Å². The number of hydrogen-bond donors (Lipinski definition) is 1. The number of thiophene rings is 1. The van der Waals surface area contributed by atoms with Crippen LogP contribution in [-0.2, 0) is 6.61 Å². The molecule has 0 aliphatic carbocycles. The Labute approximate surface area is 99.3 Å². The highest BCUT2D eigenvalue weighted by atomic mass is 79.9. The molecule has 0 saturated heterocycles. The summed E-state index contributed by atoms with van der Waals surface area (Å²) in [5.74, 6) is 0. The molecule has 2 aromatic rings. The van der Waals surface area contributed by atoms with Crippen molar-refractivity contribution in [3.05, 3.63) is 27.5 Å². The van der Waals surface area contributed by atoms with Gasteiger partial charge < -0.3 is 5.11 Å². The van der Waals surface area contributed by atoms with E-state index in [1.165, 1.54) is 15.0 Å². The lowest BCUT2D eigenvalue weighted by atomic mass is 10.2. The first-order valence-electron chi connectivity index (χ1n) is 4.10. The molecule has 1 aromatic carbocycles. The summed E-state index contributed by atoms with van der Waals surface area (Å²) >= 11 is 6.88. The fourth-order valence-electron chi connectivity index (χ4n) is 1.39. The van der Waals surface area contributed by atoms with Crippen LogP contribution in [0.15, 0.2) is 26.9 Å². The van der Waals surface area contributed by atoms with Gasteiger partial charge in [0, 0.05) is 24.8 Å². The second-order valence-corrected chi connectivity index (χ2v) is 5.52. The van der Waals surface area contributed by atoms with Crippen LogP contribution < -0.4 is 0 Å². The average Bonchev–Trinajstić information content (AvgIpc) is 2.59. The van der Waals surface area contributed by atoms with Crippen molar-refractivity contribution in [2.24, 2.45) is 0 Å². The zero-order chi connectivity index (χ0) is 10.1. The molecule has 1 N–H and O–H groups in total. The minimum atomic E-state index is 0.109. The number of aliphatic hydroxyl groups is 1. The molecule has 0 aliphatic rings. The Balaban J connectivity index is 2.76. The van der Waals surface area contributed by atoms with Crippen LogP contribution in [0, 0.1) is 0 Å². The highest BCUT2D eigenvalue weighted by Gasteiger charge is 2.07. The number of hydrogen-bond acceptors (Lipinski definition) is 3. The van der Waals surface area contributed by atoms with Gasteiger partial charge in [0.05, 0.1) is 6.61 Å². The minimum absolute atomic E-state index is 0.109. The van der Waals surface area contributed by atoms with Crippen LogP contribution >= 0.6 is 39.0 Å². The number of thioether (sulfide) groups is 1. The number of halogens is 1. The van der Waals surface area contributed by atoms with Gasteiger partial charge in [-0.3, -0.25) is 0 Å². The summed E-state index contributed by atoms with van der Waals surface area (Å²) in [6, 6.07) is 4.20. The molecule has 0 amide bonds. The van der Waals surface area contributed by atoms with E-state index in [1.807, 2.05) is 6.26 Å². The summed E-state index contributed by atoms with van der Waals surface area (Å²) in [5.41, 5.74) is 1.02. The van der Waals surface area contributed by atoms with E-state index in [0.717, 1.165) is 10.0 Å². The third kappa shape index (κ3) is 1.72. The van der Waals surface area contributed by atoms with Crippen LogP contribution in [0.25, 0.3) is 10.1 Å². The number of fused-ring (bicyclic) bond motifs is 1. The van der Waals surface area contributed by atoms with Crippen molar-refractivity contribution in [1.82, 2.24) is 0 Å². The molecule has 0 atom stereocenters. The molecule has 0 aliphatic heterocycles. The van der Waals surface area contributed by atoms with E-state index in [1.54, 1.807) is 23.1 Å². The summed E-state index contributed by atoms with van der Waals surface area (Å²) in [6.07, 6.45) is 2.04. The maximum Gasteiger partial charge on any atom is 0.0696 e. The third-order valence-corrected chi connectivity index (χ3v) is 4.82. The zero-order valence-electron chi connectivity index (χ0n) is 7.58. The molecule has 0 spiro atoms. The molecule has 14 heavy (non-hydrogen) atoms. The van der Waals surface area contributed by atoms with Crippen LogP contribution in [0.3, 0.4) is 0 Å². The Morgan fingerprint density at radius 3 is 2.93 bits per heavy atom. The van der Waals surface area contributed by atoms with Gasteiger partial charge in [-0.25, -0.2) is 0 Å². The number of rotatable bonds is 2. The Morgan fingerprint density at radius 1 is 1.50 bits per heavy atom. The molecule has 2 rings (SSSR count). The summed E-state index contributed by atoms with van der Waals surface area (Å²) in [5, 5.41) is 12.5. The summed E-state index contributed by atoms with van der Waals surface area (Å²) in [7, 11) is 0. The van der Waals surface area contributed by atoms with Crippen molar-refractivity contribution in [3.63, 3.8) is 0 Å².